The monoisotopic (exact) mass is 483 g/mol. The molecule has 1 unspecified atom stereocenters. The number of anilines is 1. The number of para-hydroxylation sites is 1. The molecule has 7 heteroatoms. The molecule has 0 bridgehead atoms. The van der Waals surface area contributed by atoms with Crippen molar-refractivity contribution in [2.75, 3.05) is 51.3 Å². The molecule has 0 radical (unpaired) electrons. The third-order valence-electron chi connectivity index (χ3n) is 6.51. The summed E-state index contributed by atoms with van der Waals surface area (Å²) in [5.74, 6) is 1.76. The summed E-state index contributed by atoms with van der Waals surface area (Å²) in [7, 11) is 0. The van der Waals surface area contributed by atoms with E-state index in [1.165, 1.54) is 5.56 Å². The Morgan fingerprint density at radius 3 is 2.71 bits per heavy atom. The first kappa shape index (κ1) is 24.8. The molecule has 34 heavy (non-hydrogen) atoms. The van der Waals surface area contributed by atoms with E-state index in [2.05, 4.69) is 54.1 Å². The molecule has 0 aromatic heterocycles. The standard InChI is InChI=1S/C27H37N3O3S/c1-5-32-21-10-11-25-22(18-21)24(19-27(3,4)33-25)30(13-12-29-14-16-31-17-15-29)26(34)28-23-9-7-6-8-20(23)2/h6-11,18,24H,5,12-17,19H2,1-4H3,(H,28,34). The van der Waals surface area contributed by atoms with Crippen LogP contribution < -0.4 is 14.8 Å². The van der Waals surface area contributed by atoms with Crippen LogP contribution in [0.4, 0.5) is 5.69 Å². The Morgan fingerprint density at radius 1 is 1.21 bits per heavy atom. The number of ether oxygens (including phenoxy) is 3. The van der Waals surface area contributed by atoms with Gasteiger partial charge in [-0.25, -0.2) is 0 Å². The number of aryl methyl sites for hydroxylation is 1. The van der Waals surface area contributed by atoms with Gasteiger partial charge in [-0.3, -0.25) is 4.90 Å². The van der Waals surface area contributed by atoms with Crippen LogP contribution in [0.15, 0.2) is 42.5 Å². The molecule has 1 fully saturated rings. The minimum Gasteiger partial charge on any atom is -0.494 e. The van der Waals surface area contributed by atoms with Crippen molar-refractivity contribution in [2.24, 2.45) is 0 Å². The number of rotatable bonds is 7. The first-order valence-corrected chi connectivity index (χ1v) is 12.7. The van der Waals surface area contributed by atoms with Gasteiger partial charge in [-0.05, 0) is 69.7 Å². The van der Waals surface area contributed by atoms with Gasteiger partial charge in [0.25, 0.3) is 0 Å². The van der Waals surface area contributed by atoms with E-state index in [1.807, 2.05) is 31.2 Å². The molecule has 184 valence electrons. The van der Waals surface area contributed by atoms with Crippen LogP contribution in [0.25, 0.3) is 0 Å². The molecule has 0 saturated carbocycles. The van der Waals surface area contributed by atoms with Gasteiger partial charge < -0.3 is 24.4 Å². The summed E-state index contributed by atoms with van der Waals surface area (Å²) in [6.07, 6.45) is 0.828. The van der Waals surface area contributed by atoms with Crippen molar-refractivity contribution in [3.63, 3.8) is 0 Å². The summed E-state index contributed by atoms with van der Waals surface area (Å²) >= 11 is 6.05. The van der Waals surface area contributed by atoms with Crippen LogP contribution in [-0.4, -0.2) is 66.5 Å². The average Bonchev–Trinajstić information content (AvgIpc) is 2.81. The number of nitrogens with one attached hydrogen (secondary N) is 1. The highest BCUT2D eigenvalue weighted by atomic mass is 32.1. The smallest absolute Gasteiger partial charge is 0.173 e. The lowest BCUT2D eigenvalue weighted by Gasteiger charge is -2.44. The van der Waals surface area contributed by atoms with E-state index in [4.69, 9.17) is 26.4 Å². The topological polar surface area (TPSA) is 46.2 Å². The Bertz CT molecular complexity index is 991. The molecule has 2 aliphatic heterocycles. The highest BCUT2D eigenvalue weighted by Crippen LogP contribution is 2.44. The molecule has 2 aromatic carbocycles. The summed E-state index contributed by atoms with van der Waals surface area (Å²) in [5, 5.41) is 4.27. The van der Waals surface area contributed by atoms with Gasteiger partial charge in [0, 0.05) is 43.9 Å². The average molecular weight is 484 g/mol. The Kier molecular flexibility index (Phi) is 7.96. The molecule has 4 rings (SSSR count). The Hall–Kier alpha value is -2.35. The van der Waals surface area contributed by atoms with E-state index in [-0.39, 0.29) is 11.6 Å². The number of fused-ring (bicyclic) bond motifs is 1. The van der Waals surface area contributed by atoms with Crippen molar-refractivity contribution in [3.8, 4) is 11.5 Å². The van der Waals surface area contributed by atoms with Crippen LogP contribution in [0, 0.1) is 6.92 Å². The second-order valence-electron chi connectivity index (χ2n) is 9.61. The maximum absolute atomic E-state index is 6.37. The Labute approximate surface area is 209 Å². The quantitative estimate of drug-likeness (QED) is 0.555. The summed E-state index contributed by atoms with van der Waals surface area (Å²) in [6.45, 7) is 14.3. The predicted octanol–water partition coefficient (Wildman–Crippen LogP) is 5.03. The first-order valence-electron chi connectivity index (χ1n) is 12.3. The van der Waals surface area contributed by atoms with E-state index in [1.54, 1.807) is 0 Å². The fourth-order valence-corrected chi connectivity index (χ4v) is 5.03. The SMILES string of the molecule is CCOc1ccc2c(c1)C(N(CCN1CCOCC1)C(=S)Nc1ccccc1C)CC(C)(C)O2. The molecular weight excluding hydrogens is 446 g/mol. The zero-order valence-electron chi connectivity index (χ0n) is 20.8. The normalized spacial score (nSPS) is 19.6. The fraction of sp³-hybridized carbons (Fsp3) is 0.519. The zero-order valence-corrected chi connectivity index (χ0v) is 21.6. The highest BCUT2D eigenvalue weighted by Gasteiger charge is 2.38. The summed E-state index contributed by atoms with van der Waals surface area (Å²) in [5.41, 5.74) is 3.03. The van der Waals surface area contributed by atoms with E-state index in [0.717, 1.165) is 73.7 Å². The molecule has 1 N–H and O–H groups in total. The van der Waals surface area contributed by atoms with Crippen molar-refractivity contribution in [1.82, 2.24) is 9.80 Å². The van der Waals surface area contributed by atoms with Gasteiger partial charge in [-0.1, -0.05) is 18.2 Å². The van der Waals surface area contributed by atoms with Gasteiger partial charge >= 0.3 is 0 Å². The largest absolute Gasteiger partial charge is 0.494 e. The number of nitrogens with zero attached hydrogens (tertiary/aromatic N) is 2. The van der Waals surface area contributed by atoms with Gasteiger partial charge in [0.05, 0.1) is 25.9 Å². The minimum atomic E-state index is -0.305. The van der Waals surface area contributed by atoms with Crippen LogP contribution >= 0.6 is 12.2 Å². The summed E-state index contributed by atoms with van der Waals surface area (Å²) in [4.78, 5) is 4.80. The van der Waals surface area contributed by atoms with Crippen LogP contribution in [0.2, 0.25) is 0 Å². The highest BCUT2D eigenvalue weighted by molar-refractivity contribution is 7.80. The first-order chi connectivity index (χ1) is 16.4. The maximum atomic E-state index is 6.37. The van der Waals surface area contributed by atoms with Gasteiger partial charge in [0.15, 0.2) is 5.11 Å². The molecule has 1 saturated heterocycles. The van der Waals surface area contributed by atoms with Gasteiger partial charge in [0.1, 0.15) is 17.1 Å². The van der Waals surface area contributed by atoms with Crippen molar-refractivity contribution in [1.29, 1.82) is 0 Å². The molecule has 0 aliphatic carbocycles. The lowest BCUT2D eigenvalue weighted by atomic mass is 9.88. The summed E-state index contributed by atoms with van der Waals surface area (Å²) in [6, 6.07) is 14.5. The number of benzene rings is 2. The number of morpholine rings is 1. The third-order valence-corrected chi connectivity index (χ3v) is 6.84. The number of hydrogen-bond acceptors (Lipinski definition) is 5. The Morgan fingerprint density at radius 2 is 1.97 bits per heavy atom. The molecule has 6 nitrogen and oxygen atoms in total. The predicted molar refractivity (Wildman–Crippen MR) is 141 cm³/mol. The minimum absolute atomic E-state index is 0.0733. The van der Waals surface area contributed by atoms with Gasteiger partial charge in [0.2, 0.25) is 0 Å². The molecule has 0 amide bonds. The van der Waals surface area contributed by atoms with Crippen molar-refractivity contribution in [3.05, 3.63) is 53.6 Å². The van der Waals surface area contributed by atoms with Crippen LogP contribution in [-0.2, 0) is 4.74 Å². The second-order valence-corrected chi connectivity index (χ2v) is 9.99. The summed E-state index contributed by atoms with van der Waals surface area (Å²) < 4.78 is 17.8. The second kappa shape index (κ2) is 10.9. The van der Waals surface area contributed by atoms with Crippen molar-refractivity contribution < 1.29 is 14.2 Å². The van der Waals surface area contributed by atoms with Gasteiger partial charge in [-0.15, -0.1) is 0 Å². The number of thiocarbonyl (C=S) groups is 1. The lowest BCUT2D eigenvalue weighted by Crippen LogP contribution is -2.48. The zero-order chi connectivity index (χ0) is 24.1. The Balaban J connectivity index is 1.65. The van der Waals surface area contributed by atoms with E-state index in [0.29, 0.717) is 6.61 Å². The lowest BCUT2D eigenvalue weighted by molar-refractivity contribution is 0.0266. The molecule has 2 aromatic rings. The molecule has 2 heterocycles. The number of hydrogen-bond donors (Lipinski definition) is 1. The van der Waals surface area contributed by atoms with Crippen LogP contribution in [0.5, 0.6) is 11.5 Å². The van der Waals surface area contributed by atoms with Gasteiger partial charge in [-0.2, -0.15) is 0 Å². The van der Waals surface area contributed by atoms with E-state index < -0.39 is 0 Å². The maximum Gasteiger partial charge on any atom is 0.173 e. The molecule has 0 spiro atoms. The molecule has 1 atom stereocenters. The van der Waals surface area contributed by atoms with E-state index >= 15 is 0 Å². The molecule has 2 aliphatic rings. The van der Waals surface area contributed by atoms with E-state index in [9.17, 15) is 0 Å². The van der Waals surface area contributed by atoms with Crippen LogP contribution in [0.1, 0.15) is 44.4 Å². The molecular formula is C27H37N3O3S. The third kappa shape index (κ3) is 6.01. The van der Waals surface area contributed by atoms with Crippen LogP contribution in [0.3, 0.4) is 0 Å². The fourth-order valence-electron chi connectivity index (χ4n) is 4.70. The van der Waals surface area contributed by atoms with Crippen molar-refractivity contribution >= 4 is 23.0 Å². The van der Waals surface area contributed by atoms with Crippen molar-refractivity contribution in [2.45, 2.75) is 45.8 Å².